The van der Waals surface area contributed by atoms with Gasteiger partial charge in [-0.15, -0.1) is 0 Å². The molecular weight excluding hydrogens is 308 g/mol. The second-order valence-electron chi connectivity index (χ2n) is 5.31. The predicted octanol–water partition coefficient (Wildman–Crippen LogP) is 2.54. The third-order valence-electron chi connectivity index (χ3n) is 3.68. The largest absolute Gasteiger partial charge is 0.508 e. The van der Waals surface area contributed by atoms with Crippen LogP contribution in [0.3, 0.4) is 0 Å². The summed E-state index contributed by atoms with van der Waals surface area (Å²) in [5.41, 5.74) is 7.66. The monoisotopic (exact) mass is 322 g/mol. The van der Waals surface area contributed by atoms with Crippen LogP contribution < -0.4 is 15.2 Å². The van der Waals surface area contributed by atoms with Crippen LogP contribution in [0.5, 0.6) is 17.2 Å². The first kappa shape index (κ1) is 15.4. The van der Waals surface area contributed by atoms with Gasteiger partial charge in [-0.1, -0.05) is 18.2 Å². The van der Waals surface area contributed by atoms with Crippen LogP contribution in [0.25, 0.3) is 0 Å². The lowest BCUT2D eigenvalue weighted by Gasteiger charge is -2.26. The van der Waals surface area contributed by atoms with Gasteiger partial charge in [0.05, 0.1) is 5.92 Å². The van der Waals surface area contributed by atoms with Crippen molar-refractivity contribution in [2.45, 2.75) is 12.8 Å². The molecule has 1 atom stereocenters. The summed E-state index contributed by atoms with van der Waals surface area (Å²) >= 11 is 0. The second-order valence-corrected chi connectivity index (χ2v) is 5.31. The lowest BCUT2D eigenvalue weighted by atomic mass is 9.83. The molecule has 0 bridgehead atoms. The fourth-order valence-corrected chi connectivity index (χ4v) is 2.68. The molecule has 120 valence electrons. The molecule has 2 aromatic carbocycles. The van der Waals surface area contributed by atoms with E-state index in [2.05, 4.69) is 6.07 Å². The summed E-state index contributed by atoms with van der Waals surface area (Å²) in [7, 11) is 0. The predicted molar refractivity (Wildman–Crippen MR) is 85.2 cm³/mol. The van der Waals surface area contributed by atoms with E-state index >= 15 is 0 Å². The summed E-state index contributed by atoms with van der Waals surface area (Å²) in [6.07, 6.45) is 0. The molecule has 0 aliphatic carbocycles. The number of aromatic hydroxyl groups is 1. The molecule has 2 aromatic rings. The van der Waals surface area contributed by atoms with E-state index in [-0.39, 0.29) is 17.2 Å². The first-order valence-corrected chi connectivity index (χ1v) is 7.18. The number of hydrogen-bond acceptors (Lipinski definition) is 6. The van der Waals surface area contributed by atoms with Crippen molar-refractivity contribution in [3.8, 4) is 23.3 Å². The number of nitriles is 1. The maximum absolute atomic E-state index is 11.0. The van der Waals surface area contributed by atoms with Crippen molar-refractivity contribution in [3.63, 3.8) is 0 Å². The van der Waals surface area contributed by atoms with Gasteiger partial charge in [0, 0.05) is 18.6 Å². The van der Waals surface area contributed by atoms with Crippen molar-refractivity contribution in [2.75, 3.05) is 0 Å². The SMILES string of the molecule is CC(=O)Oc1ccc(C2C(C#N)=C(N)Oc3cc(O)ccc32)cc1. The number of allylic oxidation sites excluding steroid dienone is 1. The summed E-state index contributed by atoms with van der Waals surface area (Å²) < 4.78 is 10.5. The van der Waals surface area contributed by atoms with E-state index in [1.807, 2.05) is 0 Å². The normalized spacial score (nSPS) is 15.9. The van der Waals surface area contributed by atoms with Gasteiger partial charge in [-0.25, -0.2) is 0 Å². The number of phenolic OH excluding ortho intramolecular Hbond substituents is 1. The average molecular weight is 322 g/mol. The lowest BCUT2D eigenvalue weighted by Crippen LogP contribution is -2.20. The minimum atomic E-state index is -0.425. The van der Waals surface area contributed by atoms with Crippen molar-refractivity contribution >= 4 is 5.97 Å². The van der Waals surface area contributed by atoms with Gasteiger partial charge in [-0.05, 0) is 23.8 Å². The second kappa shape index (κ2) is 5.97. The standard InChI is InChI=1S/C18H14N2O4/c1-10(21)23-13-5-2-11(3-6-13)17-14-7-4-12(22)8-16(14)24-18(20)15(17)9-19/h2-8,17,22H,20H2,1H3. The minimum Gasteiger partial charge on any atom is -0.508 e. The van der Waals surface area contributed by atoms with Crippen LogP contribution >= 0.6 is 0 Å². The third-order valence-corrected chi connectivity index (χ3v) is 3.68. The average Bonchev–Trinajstić information content (AvgIpc) is 2.53. The van der Waals surface area contributed by atoms with Crippen molar-refractivity contribution in [2.24, 2.45) is 5.73 Å². The van der Waals surface area contributed by atoms with Crippen LogP contribution in [-0.4, -0.2) is 11.1 Å². The molecule has 1 aliphatic rings. The molecule has 0 amide bonds. The number of rotatable bonds is 2. The zero-order chi connectivity index (χ0) is 17.3. The van der Waals surface area contributed by atoms with Crippen LogP contribution in [0.4, 0.5) is 0 Å². The number of phenols is 1. The molecular formula is C18H14N2O4. The fraction of sp³-hybridized carbons (Fsp3) is 0.111. The zero-order valence-corrected chi connectivity index (χ0v) is 12.8. The van der Waals surface area contributed by atoms with Crippen molar-refractivity contribution in [1.29, 1.82) is 5.26 Å². The van der Waals surface area contributed by atoms with Gasteiger partial charge in [0.25, 0.3) is 0 Å². The Kier molecular flexibility index (Phi) is 3.84. The summed E-state index contributed by atoms with van der Waals surface area (Å²) in [6.45, 7) is 1.33. The van der Waals surface area contributed by atoms with Crippen molar-refractivity contribution in [1.82, 2.24) is 0 Å². The van der Waals surface area contributed by atoms with Gasteiger partial charge in [0.2, 0.25) is 5.88 Å². The highest BCUT2D eigenvalue weighted by Gasteiger charge is 2.30. The highest BCUT2D eigenvalue weighted by Crippen LogP contribution is 2.43. The van der Waals surface area contributed by atoms with Crippen LogP contribution in [0, 0.1) is 11.3 Å². The molecule has 6 nitrogen and oxygen atoms in total. The molecule has 0 aromatic heterocycles. The number of benzene rings is 2. The molecule has 1 unspecified atom stereocenters. The van der Waals surface area contributed by atoms with E-state index in [0.717, 1.165) is 11.1 Å². The Morgan fingerprint density at radius 1 is 1.29 bits per heavy atom. The molecule has 1 heterocycles. The maximum atomic E-state index is 11.0. The summed E-state index contributed by atoms with van der Waals surface area (Å²) in [6, 6.07) is 13.6. The number of esters is 1. The van der Waals surface area contributed by atoms with Gasteiger partial charge in [-0.2, -0.15) is 5.26 Å². The molecule has 0 radical (unpaired) electrons. The highest BCUT2D eigenvalue weighted by atomic mass is 16.5. The Hall–Kier alpha value is -3.46. The van der Waals surface area contributed by atoms with Crippen LogP contribution in [0.15, 0.2) is 53.9 Å². The number of carbonyl (C=O) groups is 1. The Bertz CT molecular complexity index is 879. The summed E-state index contributed by atoms with van der Waals surface area (Å²) in [4.78, 5) is 11.0. The van der Waals surface area contributed by atoms with Crippen molar-refractivity contribution in [3.05, 3.63) is 65.0 Å². The zero-order valence-electron chi connectivity index (χ0n) is 12.8. The van der Waals surface area contributed by atoms with Crippen LogP contribution in [0.1, 0.15) is 24.0 Å². The Morgan fingerprint density at radius 3 is 2.62 bits per heavy atom. The van der Waals surface area contributed by atoms with E-state index < -0.39 is 11.9 Å². The summed E-state index contributed by atoms with van der Waals surface area (Å²) in [5.74, 6) is 0.0399. The lowest BCUT2D eigenvalue weighted by molar-refractivity contribution is -0.131. The maximum Gasteiger partial charge on any atom is 0.308 e. The Labute approximate surface area is 138 Å². The van der Waals surface area contributed by atoms with E-state index in [1.165, 1.54) is 19.1 Å². The van der Waals surface area contributed by atoms with Crippen molar-refractivity contribution < 1.29 is 19.4 Å². The number of ether oxygens (including phenoxy) is 2. The number of nitrogens with two attached hydrogens (primary N) is 1. The first-order chi connectivity index (χ1) is 11.5. The molecule has 3 N–H and O–H groups in total. The van der Waals surface area contributed by atoms with Gasteiger partial charge < -0.3 is 20.3 Å². The van der Waals surface area contributed by atoms with Gasteiger partial charge in [0.1, 0.15) is 28.9 Å². The molecule has 24 heavy (non-hydrogen) atoms. The molecule has 0 spiro atoms. The Balaban J connectivity index is 2.08. The number of fused-ring (bicyclic) bond motifs is 1. The molecule has 6 heteroatoms. The highest BCUT2D eigenvalue weighted by molar-refractivity contribution is 5.69. The third kappa shape index (κ3) is 2.75. The molecule has 0 saturated heterocycles. The molecule has 0 saturated carbocycles. The summed E-state index contributed by atoms with van der Waals surface area (Å²) in [5, 5.41) is 19.1. The van der Waals surface area contributed by atoms with E-state index in [0.29, 0.717) is 11.5 Å². The number of nitrogens with zero attached hydrogens (tertiary/aromatic N) is 1. The van der Waals surface area contributed by atoms with Crippen LogP contribution in [0.2, 0.25) is 0 Å². The van der Waals surface area contributed by atoms with Gasteiger partial charge >= 0.3 is 5.97 Å². The van der Waals surface area contributed by atoms with Gasteiger partial charge in [0.15, 0.2) is 0 Å². The number of carbonyl (C=O) groups excluding carboxylic acids is 1. The molecule has 0 fully saturated rings. The van der Waals surface area contributed by atoms with E-state index in [1.54, 1.807) is 30.3 Å². The van der Waals surface area contributed by atoms with Crippen LogP contribution in [-0.2, 0) is 4.79 Å². The van der Waals surface area contributed by atoms with E-state index in [9.17, 15) is 15.2 Å². The van der Waals surface area contributed by atoms with E-state index in [4.69, 9.17) is 15.2 Å². The topological polar surface area (TPSA) is 106 Å². The minimum absolute atomic E-state index is 0.00432. The van der Waals surface area contributed by atoms with Gasteiger partial charge in [-0.3, -0.25) is 4.79 Å². The number of hydrogen-bond donors (Lipinski definition) is 2. The first-order valence-electron chi connectivity index (χ1n) is 7.18. The Morgan fingerprint density at radius 2 is 2.00 bits per heavy atom. The fourth-order valence-electron chi connectivity index (χ4n) is 2.68. The smallest absolute Gasteiger partial charge is 0.308 e. The molecule has 3 rings (SSSR count). The quantitative estimate of drug-likeness (QED) is 0.650. The molecule has 1 aliphatic heterocycles.